The van der Waals surface area contributed by atoms with E-state index in [2.05, 4.69) is 5.10 Å². The Labute approximate surface area is 184 Å². The van der Waals surface area contributed by atoms with Gasteiger partial charge in [0.05, 0.1) is 11.4 Å². The van der Waals surface area contributed by atoms with E-state index < -0.39 is 48.1 Å². The van der Waals surface area contributed by atoms with Gasteiger partial charge >= 0.3 is 6.18 Å². The van der Waals surface area contributed by atoms with Crippen LogP contribution in [0, 0.1) is 5.82 Å². The van der Waals surface area contributed by atoms with Gasteiger partial charge in [-0.25, -0.2) is 4.39 Å². The molecule has 1 atom stereocenters. The van der Waals surface area contributed by atoms with Gasteiger partial charge in [-0.05, 0) is 42.8 Å². The van der Waals surface area contributed by atoms with Crippen LogP contribution in [-0.2, 0) is 0 Å². The van der Waals surface area contributed by atoms with Crippen molar-refractivity contribution >= 4 is 17.5 Å². The highest BCUT2D eigenvalue weighted by Gasteiger charge is 2.40. The standard InChI is InChI=1S/C21H16ClF4N3O3/c22-13-6-4-12(5-7-13)17-11-16(19(31)27-18(8-9-30)21(24,25)26)20(32)29(28-17)15-3-1-2-14(23)10-15/h1-7,10-11,18,30H,8-9H2,(H,27,31)/t18-/m1/s1. The molecule has 0 spiro atoms. The van der Waals surface area contributed by atoms with Crippen LogP contribution in [0.3, 0.4) is 0 Å². The van der Waals surface area contributed by atoms with Gasteiger partial charge in [-0.2, -0.15) is 23.0 Å². The van der Waals surface area contributed by atoms with E-state index in [0.29, 0.717) is 10.6 Å². The summed E-state index contributed by atoms with van der Waals surface area (Å²) in [6.45, 7) is -0.829. The zero-order valence-electron chi connectivity index (χ0n) is 16.2. The number of carbonyl (C=O) groups excluding carboxylic acids is 1. The van der Waals surface area contributed by atoms with Gasteiger partial charge in [0, 0.05) is 17.2 Å². The number of hydrogen-bond donors (Lipinski definition) is 2. The van der Waals surface area contributed by atoms with Gasteiger partial charge in [-0.15, -0.1) is 0 Å². The van der Waals surface area contributed by atoms with Crippen molar-refractivity contribution in [3.05, 3.63) is 81.4 Å². The van der Waals surface area contributed by atoms with E-state index in [1.807, 2.05) is 0 Å². The molecule has 2 N–H and O–H groups in total. The maximum absolute atomic E-state index is 13.7. The first-order chi connectivity index (χ1) is 15.1. The summed E-state index contributed by atoms with van der Waals surface area (Å²) in [5.41, 5.74) is -1.22. The minimum Gasteiger partial charge on any atom is -0.396 e. The van der Waals surface area contributed by atoms with E-state index in [1.54, 1.807) is 5.32 Å². The maximum atomic E-state index is 13.7. The summed E-state index contributed by atoms with van der Waals surface area (Å²) in [5, 5.41) is 15.2. The zero-order chi connectivity index (χ0) is 23.5. The summed E-state index contributed by atoms with van der Waals surface area (Å²) in [6, 6.07) is 9.60. The number of benzene rings is 2. The number of hydrogen-bond acceptors (Lipinski definition) is 4. The molecule has 1 heterocycles. The predicted molar refractivity (Wildman–Crippen MR) is 109 cm³/mol. The van der Waals surface area contributed by atoms with Crippen LogP contribution in [0.4, 0.5) is 17.6 Å². The summed E-state index contributed by atoms with van der Waals surface area (Å²) in [5.74, 6) is -1.99. The number of amides is 1. The molecule has 0 saturated heterocycles. The Morgan fingerprint density at radius 3 is 2.44 bits per heavy atom. The van der Waals surface area contributed by atoms with Crippen molar-refractivity contribution in [2.24, 2.45) is 0 Å². The molecular formula is C21H16ClF4N3O3. The van der Waals surface area contributed by atoms with Crippen molar-refractivity contribution in [2.75, 3.05) is 6.61 Å². The molecule has 0 bridgehead atoms. The van der Waals surface area contributed by atoms with Gasteiger partial charge in [0.25, 0.3) is 11.5 Å². The van der Waals surface area contributed by atoms with Crippen LogP contribution in [0.25, 0.3) is 16.9 Å². The first-order valence-corrected chi connectivity index (χ1v) is 9.62. The second-order valence-electron chi connectivity index (χ2n) is 6.73. The molecule has 32 heavy (non-hydrogen) atoms. The summed E-state index contributed by atoms with van der Waals surface area (Å²) in [4.78, 5) is 25.6. The van der Waals surface area contributed by atoms with E-state index in [-0.39, 0.29) is 11.4 Å². The minimum absolute atomic E-state index is 0.0254. The van der Waals surface area contributed by atoms with Crippen LogP contribution in [-0.4, -0.2) is 39.6 Å². The number of nitrogens with one attached hydrogen (secondary N) is 1. The van der Waals surface area contributed by atoms with Crippen molar-refractivity contribution in [3.8, 4) is 16.9 Å². The monoisotopic (exact) mass is 469 g/mol. The molecule has 1 aromatic heterocycles. The third-order valence-electron chi connectivity index (χ3n) is 4.47. The molecule has 168 valence electrons. The lowest BCUT2D eigenvalue weighted by atomic mass is 10.1. The highest BCUT2D eigenvalue weighted by Crippen LogP contribution is 2.24. The lowest BCUT2D eigenvalue weighted by Crippen LogP contribution is -2.47. The van der Waals surface area contributed by atoms with E-state index in [0.717, 1.165) is 22.9 Å². The number of aliphatic hydroxyl groups excluding tert-OH is 1. The molecular weight excluding hydrogens is 454 g/mol. The smallest absolute Gasteiger partial charge is 0.396 e. The van der Waals surface area contributed by atoms with Crippen molar-refractivity contribution < 1.29 is 27.5 Å². The quantitative estimate of drug-likeness (QED) is 0.539. The van der Waals surface area contributed by atoms with E-state index in [1.165, 1.54) is 36.4 Å². The van der Waals surface area contributed by atoms with Gasteiger partial charge < -0.3 is 10.4 Å². The molecule has 0 aliphatic rings. The van der Waals surface area contributed by atoms with Crippen LogP contribution in [0.1, 0.15) is 16.8 Å². The van der Waals surface area contributed by atoms with Gasteiger partial charge in [0.1, 0.15) is 17.4 Å². The molecule has 0 aliphatic carbocycles. The average Bonchev–Trinajstić information content (AvgIpc) is 2.73. The first kappa shape index (κ1) is 23.4. The molecule has 3 rings (SSSR count). The Morgan fingerprint density at radius 1 is 1.16 bits per heavy atom. The van der Waals surface area contributed by atoms with Crippen molar-refractivity contribution in [1.82, 2.24) is 15.1 Å². The fourth-order valence-electron chi connectivity index (χ4n) is 2.88. The van der Waals surface area contributed by atoms with Gasteiger partial charge in [-0.1, -0.05) is 29.8 Å². The Balaban J connectivity index is 2.15. The average molecular weight is 470 g/mol. The molecule has 0 radical (unpaired) electrons. The molecule has 1 amide bonds. The van der Waals surface area contributed by atoms with Crippen LogP contribution >= 0.6 is 11.6 Å². The number of nitrogens with zero attached hydrogens (tertiary/aromatic N) is 2. The zero-order valence-corrected chi connectivity index (χ0v) is 17.0. The Kier molecular flexibility index (Phi) is 6.95. The van der Waals surface area contributed by atoms with Crippen LogP contribution in [0.15, 0.2) is 59.4 Å². The number of aliphatic hydroxyl groups is 1. The van der Waals surface area contributed by atoms with E-state index >= 15 is 0 Å². The van der Waals surface area contributed by atoms with E-state index in [9.17, 15) is 27.2 Å². The number of carbonyl (C=O) groups is 1. The van der Waals surface area contributed by atoms with Crippen molar-refractivity contribution in [2.45, 2.75) is 18.6 Å². The molecule has 0 aliphatic heterocycles. The Hall–Kier alpha value is -3.24. The summed E-state index contributed by atoms with van der Waals surface area (Å²) >= 11 is 5.87. The van der Waals surface area contributed by atoms with E-state index in [4.69, 9.17) is 16.7 Å². The lowest BCUT2D eigenvalue weighted by Gasteiger charge is -2.21. The number of halogens is 5. The van der Waals surface area contributed by atoms with Gasteiger partial charge in [-0.3, -0.25) is 9.59 Å². The van der Waals surface area contributed by atoms with Gasteiger partial charge in [0.2, 0.25) is 0 Å². The highest BCUT2D eigenvalue weighted by molar-refractivity contribution is 6.30. The lowest BCUT2D eigenvalue weighted by molar-refractivity contribution is -0.156. The van der Waals surface area contributed by atoms with Crippen LogP contribution in [0.5, 0.6) is 0 Å². The normalized spacial score (nSPS) is 12.4. The Morgan fingerprint density at radius 2 is 1.84 bits per heavy atom. The largest absolute Gasteiger partial charge is 0.408 e. The summed E-state index contributed by atoms with van der Waals surface area (Å²) < 4.78 is 54.0. The summed E-state index contributed by atoms with van der Waals surface area (Å²) in [7, 11) is 0. The molecule has 2 aromatic carbocycles. The Bertz CT molecular complexity index is 1180. The highest BCUT2D eigenvalue weighted by atomic mass is 35.5. The third-order valence-corrected chi connectivity index (χ3v) is 4.72. The maximum Gasteiger partial charge on any atom is 0.408 e. The molecule has 6 nitrogen and oxygen atoms in total. The molecule has 3 aromatic rings. The first-order valence-electron chi connectivity index (χ1n) is 9.25. The van der Waals surface area contributed by atoms with Crippen LogP contribution < -0.4 is 10.9 Å². The minimum atomic E-state index is -4.84. The number of rotatable bonds is 6. The second-order valence-corrected chi connectivity index (χ2v) is 7.16. The van der Waals surface area contributed by atoms with Gasteiger partial charge in [0.15, 0.2) is 0 Å². The second kappa shape index (κ2) is 9.49. The summed E-state index contributed by atoms with van der Waals surface area (Å²) in [6.07, 6.45) is -5.63. The molecule has 0 saturated carbocycles. The molecule has 11 heteroatoms. The number of alkyl halides is 3. The topological polar surface area (TPSA) is 84.2 Å². The SMILES string of the molecule is O=C(N[C@H](CCO)C(F)(F)F)c1cc(-c2ccc(Cl)cc2)nn(-c2cccc(F)c2)c1=O. The van der Waals surface area contributed by atoms with Crippen LogP contribution in [0.2, 0.25) is 5.02 Å². The third kappa shape index (κ3) is 5.32. The molecule has 0 unspecified atom stereocenters. The van der Waals surface area contributed by atoms with Crippen molar-refractivity contribution in [1.29, 1.82) is 0 Å². The van der Waals surface area contributed by atoms with Crippen molar-refractivity contribution in [3.63, 3.8) is 0 Å². The fraction of sp³-hybridized carbons (Fsp3) is 0.190. The fourth-order valence-corrected chi connectivity index (χ4v) is 3.01. The predicted octanol–water partition coefficient (Wildman–Crippen LogP) is 3.74. The molecule has 0 fully saturated rings. The number of aromatic nitrogens is 2.